The van der Waals surface area contributed by atoms with Crippen molar-refractivity contribution in [3.63, 3.8) is 0 Å². The van der Waals surface area contributed by atoms with Gasteiger partial charge in [-0.15, -0.1) is 0 Å². The molecule has 5 nitrogen and oxygen atoms in total. The third kappa shape index (κ3) is 3.67. The van der Waals surface area contributed by atoms with E-state index in [2.05, 4.69) is 53.2 Å². The summed E-state index contributed by atoms with van der Waals surface area (Å²) in [5.41, 5.74) is 3.97. The Morgan fingerprint density at radius 1 is 1.07 bits per heavy atom. The molecule has 0 bridgehead atoms. The maximum Gasteiger partial charge on any atom is 0.237 e. The number of carbonyl (C=O) groups excluding carboxylic acids is 1. The number of likely N-dealkylation sites (N-methyl/N-ethyl adjacent to an activating group) is 1. The normalized spacial score (nSPS) is 22.8. The molecule has 1 aliphatic carbocycles. The lowest BCUT2D eigenvalue weighted by molar-refractivity contribution is -0.133. The molecule has 0 aromatic heterocycles. The van der Waals surface area contributed by atoms with Crippen LogP contribution in [0.25, 0.3) is 0 Å². The van der Waals surface area contributed by atoms with Crippen LogP contribution in [0.4, 0.5) is 0 Å². The highest BCUT2D eigenvalue weighted by Gasteiger charge is 2.33. The highest BCUT2D eigenvalue weighted by molar-refractivity contribution is 5.79. The van der Waals surface area contributed by atoms with E-state index in [4.69, 9.17) is 9.47 Å². The Morgan fingerprint density at radius 3 is 2.80 bits per heavy atom. The molecule has 2 aromatic rings. The molecule has 0 unspecified atom stereocenters. The molecule has 30 heavy (non-hydrogen) atoms. The number of likely N-dealkylation sites (tertiary alicyclic amines) is 1. The molecule has 0 N–H and O–H groups in total. The molecular formula is C25H30N2O3. The van der Waals surface area contributed by atoms with Gasteiger partial charge in [0, 0.05) is 12.6 Å². The van der Waals surface area contributed by atoms with Gasteiger partial charge >= 0.3 is 0 Å². The minimum atomic E-state index is 0.125. The van der Waals surface area contributed by atoms with Crippen LogP contribution in [0.1, 0.15) is 54.5 Å². The van der Waals surface area contributed by atoms with E-state index < -0.39 is 0 Å². The third-order valence-corrected chi connectivity index (χ3v) is 6.78. The van der Waals surface area contributed by atoms with Crippen molar-refractivity contribution in [1.29, 1.82) is 0 Å². The second-order valence-electron chi connectivity index (χ2n) is 8.67. The topological polar surface area (TPSA) is 42.0 Å². The third-order valence-electron chi connectivity index (χ3n) is 6.78. The first-order chi connectivity index (χ1) is 14.7. The van der Waals surface area contributed by atoms with Crippen molar-refractivity contribution >= 4 is 5.91 Å². The molecule has 2 heterocycles. The molecule has 2 atom stereocenters. The van der Waals surface area contributed by atoms with E-state index >= 15 is 0 Å². The SMILES string of the molecule is CN(CC(=O)N1CCC[C@H]1c1ccc2c(c1)OCCO2)[C@@H]1CCCc2ccccc21. The zero-order chi connectivity index (χ0) is 20.5. The second-order valence-corrected chi connectivity index (χ2v) is 8.67. The molecule has 1 fully saturated rings. The molecule has 1 saturated heterocycles. The maximum absolute atomic E-state index is 13.3. The van der Waals surface area contributed by atoms with E-state index in [-0.39, 0.29) is 11.9 Å². The van der Waals surface area contributed by atoms with Gasteiger partial charge in [-0.25, -0.2) is 0 Å². The summed E-state index contributed by atoms with van der Waals surface area (Å²) in [6.07, 6.45) is 5.49. The zero-order valence-corrected chi connectivity index (χ0v) is 17.7. The Bertz CT molecular complexity index is 928. The Morgan fingerprint density at radius 2 is 1.90 bits per heavy atom. The molecule has 1 amide bonds. The van der Waals surface area contributed by atoms with Crippen LogP contribution in [-0.4, -0.2) is 49.1 Å². The van der Waals surface area contributed by atoms with E-state index in [1.807, 2.05) is 6.07 Å². The number of aryl methyl sites for hydroxylation is 1. The lowest BCUT2D eigenvalue weighted by Gasteiger charge is -2.35. The maximum atomic E-state index is 13.3. The number of rotatable bonds is 4. The first-order valence-corrected chi connectivity index (χ1v) is 11.2. The number of amides is 1. The van der Waals surface area contributed by atoms with Crippen LogP contribution in [0.5, 0.6) is 11.5 Å². The smallest absolute Gasteiger partial charge is 0.237 e. The van der Waals surface area contributed by atoms with Crippen molar-refractivity contribution in [1.82, 2.24) is 9.80 Å². The van der Waals surface area contributed by atoms with Gasteiger partial charge in [0.25, 0.3) is 0 Å². The predicted molar refractivity (Wildman–Crippen MR) is 116 cm³/mol. The molecule has 0 radical (unpaired) electrons. The number of carbonyl (C=O) groups is 1. The van der Waals surface area contributed by atoms with E-state index in [0.29, 0.717) is 25.8 Å². The molecule has 5 rings (SSSR count). The van der Waals surface area contributed by atoms with Crippen LogP contribution in [0.3, 0.4) is 0 Å². The predicted octanol–water partition coefficient (Wildman–Crippen LogP) is 4.13. The summed E-state index contributed by atoms with van der Waals surface area (Å²) in [6.45, 7) is 2.46. The van der Waals surface area contributed by atoms with E-state index in [0.717, 1.165) is 49.3 Å². The lowest BCUT2D eigenvalue weighted by atomic mass is 9.87. The van der Waals surface area contributed by atoms with Gasteiger partial charge in [0.05, 0.1) is 12.6 Å². The average molecular weight is 407 g/mol. The lowest BCUT2D eigenvalue weighted by Crippen LogP contribution is -2.40. The number of benzene rings is 2. The van der Waals surface area contributed by atoms with Gasteiger partial charge < -0.3 is 14.4 Å². The van der Waals surface area contributed by atoms with Crippen molar-refractivity contribution < 1.29 is 14.3 Å². The zero-order valence-electron chi connectivity index (χ0n) is 17.7. The summed E-state index contributed by atoms with van der Waals surface area (Å²) < 4.78 is 11.4. The number of hydrogen-bond donors (Lipinski definition) is 0. The molecular weight excluding hydrogens is 376 g/mol. The molecule has 2 aromatic carbocycles. The Hall–Kier alpha value is -2.53. The summed E-state index contributed by atoms with van der Waals surface area (Å²) >= 11 is 0. The van der Waals surface area contributed by atoms with Crippen LogP contribution < -0.4 is 9.47 Å². The largest absolute Gasteiger partial charge is 0.486 e. The Balaban J connectivity index is 1.30. The van der Waals surface area contributed by atoms with Gasteiger partial charge in [0.15, 0.2) is 11.5 Å². The van der Waals surface area contributed by atoms with Crippen LogP contribution in [-0.2, 0) is 11.2 Å². The van der Waals surface area contributed by atoms with E-state index in [1.165, 1.54) is 17.5 Å². The van der Waals surface area contributed by atoms with Crippen LogP contribution in [0, 0.1) is 0 Å². The number of ether oxygens (including phenoxy) is 2. The highest BCUT2D eigenvalue weighted by atomic mass is 16.6. The van der Waals surface area contributed by atoms with Crippen LogP contribution in [0.2, 0.25) is 0 Å². The first kappa shape index (κ1) is 19.4. The Kier molecular flexibility index (Phi) is 5.38. The number of nitrogens with zero attached hydrogens (tertiary/aromatic N) is 2. The highest BCUT2D eigenvalue weighted by Crippen LogP contribution is 2.39. The van der Waals surface area contributed by atoms with E-state index in [9.17, 15) is 4.79 Å². The number of hydrogen-bond acceptors (Lipinski definition) is 4. The molecule has 158 valence electrons. The molecule has 0 spiro atoms. The van der Waals surface area contributed by atoms with Gasteiger partial charge in [-0.2, -0.15) is 0 Å². The molecule has 0 saturated carbocycles. The minimum Gasteiger partial charge on any atom is -0.486 e. The summed E-state index contributed by atoms with van der Waals surface area (Å²) in [5, 5.41) is 0. The van der Waals surface area contributed by atoms with Crippen molar-refractivity contribution in [2.24, 2.45) is 0 Å². The summed E-state index contributed by atoms with van der Waals surface area (Å²) in [5.74, 6) is 1.82. The van der Waals surface area contributed by atoms with Gasteiger partial charge in [-0.05, 0) is 68.0 Å². The fraction of sp³-hybridized carbons (Fsp3) is 0.480. The van der Waals surface area contributed by atoms with E-state index in [1.54, 1.807) is 0 Å². The van der Waals surface area contributed by atoms with Crippen LogP contribution in [0.15, 0.2) is 42.5 Å². The second kappa shape index (κ2) is 8.31. The van der Waals surface area contributed by atoms with Crippen molar-refractivity contribution in [2.45, 2.75) is 44.2 Å². The van der Waals surface area contributed by atoms with Gasteiger partial charge in [0.1, 0.15) is 13.2 Å². The number of fused-ring (bicyclic) bond motifs is 2. The van der Waals surface area contributed by atoms with Crippen molar-refractivity contribution in [3.8, 4) is 11.5 Å². The minimum absolute atomic E-state index is 0.125. The van der Waals surface area contributed by atoms with Crippen molar-refractivity contribution in [3.05, 3.63) is 59.2 Å². The van der Waals surface area contributed by atoms with Gasteiger partial charge in [0.2, 0.25) is 5.91 Å². The monoisotopic (exact) mass is 406 g/mol. The quantitative estimate of drug-likeness (QED) is 0.766. The summed E-state index contributed by atoms with van der Waals surface area (Å²) in [6, 6.07) is 15.3. The van der Waals surface area contributed by atoms with Gasteiger partial charge in [-0.1, -0.05) is 30.3 Å². The first-order valence-electron chi connectivity index (χ1n) is 11.2. The molecule has 3 aliphatic rings. The standard InChI is InChI=1S/C25H30N2O3/c1-26(22-9-4-7-18-6-2-3-8-20(18)22)17-25(28)27-13-5-10-21(27)19-11-12-23-24(16-19)30-15-14-29-23/h2-3,6,8,11-12,16,21-22H,4-5,7,9-10,13-15,17H2,1H3/t21-,22+/m0/s1. The molecule has 2 aliphatic heterocycles. The van der Waals surface area contributed by atoms with Gasteiger partial charge in [-0.3, -0.25) is 9.69 Å². The summed E-state index contributed by atoms with van der Waals surface area (Å²) in [7, 11) is 2.10. The average Bonchev–Trinajstić information content (AvgIpc) is 3.28. The van der Waals surface area contributed by atoms with Crippen LogP contribution >= 0.6 is 0 Å². The Labute approximate surface area is 178 Å². The summed E-state index contributed by atoms with van der Waals surface area (Å²) in [4.78, 5) is 17.6. The fourth-order valence-electron chi connectivity index (χ4n) is 5.28. The molecule has 5 heteroatoms. The fourth-order valence-corrected chi connectivity index (χ4v) is 5.28. The van der Waals surface area contributed by atoms with Crippen molar-refractivity contribution in [2.75, 3.05) is 33.4 Å².